The zero-order valence-electron chi connectivity index (χ0n) is 11.9. The van der Waals surface area contributed by atoms with Gasteiger partial charge in [-0.25, -0.2) is 17.5 Å². The van der Waals surface area contributed by atoms with Gasteiger partial charge in [0.25, 0.3) is 0 Å². The summed E-state index contributed by atoms with van der Waals surface area (Å²) in [6, 6.07) is 3.37. The Morgan fingerprint density at radius 1 is 1.48 bits per heavy atom. The van der Waals surface area contributed by atoms with Crippen LogP contribution in [0.25, 0.3) is 0 Å². The molecule has 0 aliphatic heterocycles. The number of benzene rings is 1. The molecule has 0 spiro atoms. The second-order valence-electron chi connectivity index (χ2n) is 4.41. The van der Waals surface area contributed by atoms with Crippen molar-refractivity contribution in [3.8, 4) is 11.8 Å². The average Bonchev–Trinajstić information content (AvgIpc) is 2.42. The van der Waals surface area contributed by atoms with Gasteiger partial charge in [0.2, 0.25) is 10.0 Å². The monoisotopic (exact) mass is 331 g/mol. The van der Waals surface area contributed by atoms with Crippen molar-refractivity contribution in [2.24, 2.45) is 0 Å². The Morgan fingerprint density at radius 2 is 2.19 bits per heavy atom. The van der Waals surface area contributed by atoms with E-state index in [0.29, 0.717) is 12.0 Å². The highest BCUT2D eigenvalue weighted by Gasteiger charge is 2.21. The first-order chi connectivity index (χ1) is 9.90. The van der Waals surface area contributed by atoms with Crippen molar-refractivity contribution < 1.29 is 17.9 Å². The van der Waals surface area contributed by atoms with Crippen LogP contribution < -0.4 is 4.72 Å². The summed E-state index contributed by atoms with van der Waals surface area (Å²) in [6.07, 6.45) is 2.61. The summed E-state index contributed by atoms with van der Waals surface area (Å²) in [5.41, 5.74) is 0.316. The van der Waals surface area contributed by atoms with Gasteiger partial charge in [-0.15, -0.1) is 0 Å². The standard InChI is InChI=1S/C14H18FNO3S2/c1-11(7-9-20-2)16-21(18,19)14-6-5-12(4-3-8-17)10-13(14)15/h5-6,10-11,16-17H,7-9H2,1-2H3. The van der Waals surface area contributed by atoms with Crippen molar-refractivity contribution in [1.82, 2.24) is 4.72 Å². The first kappa shape index (κ1) is 18.0. The Balaban J connectivity index is 2.93. The van der Waals surface area contributed by atoms with Gasteiger partial charge in [-0.05, 0) is 43.6 Å². The minimum atomic E-state index is -3.89. The predicted octanol–water partition coefficient (Wildman–Crippen LogP) is 1.59. The summed E-state index contributed by atoms with van der Waals surface area (Å²) < 4.78 is 40.6. The van der Waals surface area contributed by atoms with E-state index in [4.69, 9.17) is 5.11 Å². The van der Waals surface area contributed by atoms with Gasteiger partial charge >= 0.3 is 0 Å². The lowest BCUT2D eigenvalue weighted by Gasteiger charge is -2.14. The Kier molecular flexibility index (Phi) is 7.18. The van der Waals surface area contributed by atoms with Crippen molar-refractivity contribution >= 4 is 21.8 Å². The molecule has 0 bridgehead atoms. The van der Waals surface area contributed by atoms with Crippen LogP contribution in [0.1, 0.15) is 18.9 Å². The maximum atomic E-state index is 13.9. The molecule has 1 rings (SSSR count). The van der Waals surface area contributed by atoms with Crippen molar-refractivity contribution in [1.29, 1.82) is 0 Å². The van der Waals surface area contributed by atoms with Crippen LogP contribution in [0.15, 0.2) is 23.1 Å². The number of nitrogens with one attached hydrogen (secondary N) is 1. The molecule has 1 unspecified atom stereocenters. The minimum Gasteiger partial charge on any atom is -0.384 e. The Hall–Kier alpha value is -1.07. The fourth-order valence-corrected chi connectivity index (χ4v) is 3.55. The highest BCUT2D eigenvalue weighted by atomic mass is 32.2. The number of sulfonamides is 1. The second kappa shape index (κ2) is 8.39. The lowest BCUT2D eigenvalue weighted by molar-refractivity contribution is 0.350. The van der Waals surface area contributed by atoms with Crippen LogP contribution in [0.5, 0.6) is 0 Å². The molecule has 2 N–H and O–H groups in total. The third-order valence-corrected chi connectivity index (χ3v) is 4.91. The van der Waals surface area contributed by atoms with Gasteiger partial charge in [0.15, 0.2) is 0 Å². The van der Waals surface area contributed by atoms with E-state index in [1.807, 2.05) is 6.26 Å². The summed E-state index contributed by atoms with van der Waals surface area (Å²) in [6.45, 7) is 1.41. The van der Waals surface area contributed by atoms with E-state index < -0.39 is 20.7 Å². The van der Waals surface area contributed by atoms with Crippen LogP contribution in [0.2, 0.25) is 0 Å². The molecule has 0 amide bonds. The molecule has 21 heavy (non-hydrogen) atoms. The van der Waals surface area contributed by atoms with E-state index in [9.17, 15) is 12.8 Å². The first-order valence-corrected chi connectivity index (χ1v) is 9.19. The van der Waals surface area contributed by atoms with Gasteiger partial charge in [-0.3, -0.25) is 0 Å². The highest BCUT2D eigenvalue weighted by molar-refractivity contribution is 7.98. The van der Waals surface area contributed by atoms with Crippen molar-refractivity contribution in [3.05, 3.63) is 29.6 Å². The van der Waals surface area contributed by atoms with Crippen LogP contribution in [-0.4, -0.2) is 38.2 Å². The van der Waals surface area contributed by atoms with E-state index in [-0.39, 0.29) is 12.6 Å². The molecule has 1 atom stereocenters. The molecule has 4 nitrogen and oxygen atoms in total. The zero-order chi connectivity index (χ0) is 15.9. The maximum Gasteiger partial charge on any atom is 0.243 e. The van der Waals surface area contributed by atoms with Crippen molar-refractivity contribution in [2.45, 2.75) is 24.3 Å². The van der Waals surface area contributed by atoms with E-state index in [0.717, 1.165) is 11.8 Å². The Bertz CT molecular complexity index is 635. The molecule has 0 aliphatic rings. The summed E-state index contributed by atoms with van der Waals surface area (Å²) >= 11 is 1.62. The lowest BCUT2D eigenvalue weighted by atomic mass is 10.2. The molecule has 0 saturated carbocycles. The number of aliphatic hydroxyl groups is 1. The second-order valence-corrected chi connectivity index (χ2v) is 7.08. The minimum absolute atomic E-state index is 0.268. The van der Waals surface area contributed by atoms with Gasteiger partial charge in [0.1, 0.15) is 17.3 Å². The molecular weight excluding hydrogens is 313 g/mol. The van der Waals surface area contributed by atoms with E-state index in [2.05, 4.69) is 16.6 Å². The van der Waals surface area contributed by atoms with Crippen molar-refractivity contribution in [3.63, 3.8) is 0 Å². The van der Waals surface area contributed by atoms with Gasteiger partial charge < -0.3 is 5.11 Å². The van der Waals surface area contributed by atoms with Crippen LogP contribution in [-0.2, 0) is 10.0 Å². The molecule has 0 aromatic heterocycles. The topological polar surface area (TPSA) is 66.4 Å². The molecule has 0 saturated heterocycles. The number of thioether (sulfide) groups is 1. The first-order valence-electron chi connectivity index (χ1n) is 6.31. The smallest absolute Gasteiger partial charge is 0.243 e. The van der Waals surface area contributed by atoms with Gasteiger partial charge in [-0.1, -0.05) is 11.8 Å². The Morgan fingerprint density at radius 3 is 2.76 bits per heavy atom. The number of hydrogen-bond donors (Lipinski definition) is 2. The number of halogens is 1. The van der Waals surface area contributed by atoms with Crippen LogP contribution in [0.4, 0.5) is 4.39 Å². The summed E-state index contributed by atoms with van der Waals surface area (Å²) in [7, 11) is -3.89. The van der Waals surface area contributed by atoms with Crippen LogP contribution in [0.3, 0.4) is 0 Å². The fourth-order valence-electron chi connectivity index (χ4n) is 1.62. The molecule has 0 radical (unpaired) electrons. The van der Waals surface area contributed by atoms with Crippen LogP contribution in [0, 0.1) is 17.7 Å². The predicted molar refractivity (Wildman–Crippen MR) is 83.1 cm³/mol. The van der Waals surface area contributed by atoms with Crippen LogP contribution >= 0.6 is 11.8 Å². The quantitative estimate of drug-likeness (QED) is 0.777. The maximum absolute atomic E-state index is 13.9. The molecule has 0 heterocycles. The zero-order valence-corrected chi connectivity index (χ0v) is 13.5. The Labute approximate surface area is 129 Å². The molecule has 116 valence electrons. The number of aliphatic hydroxyl groups excluding tert-OH is 1. The summed E-state index contributed by atoms with van der Waals surface area (Å²) in [5.74, 6) is 4.87. The largest absolute Gasteiger partial charge is 0.384 e. The van der Waals surface area contributed by atoms with E-state index in [1.165, 1.54) is 12.1 Å². The number of rotatable bonds is 6. The third kappa shape index (κ3) is 5.67. The molecule has 0 aliphatic carbocycles. The molecular formula is C14H18FNO3S2. The normalized spacial score (nSPS) is 12.6. The molecule has 7 heteroatoms. The SMILES string of the molecule is CSCCC(C)NS(=O)(=O)c1ccc(C#CCO)cc1F. The highest BCUT2D eigenvalue weighted by Crippen LogP contribution is 2.16. The van der Waals surface area contributed by atoms with E-state index in [1.54, 1.807) is 18.7 Å². The van der Waals surface area contributed by atoms with Gasteiger partial charge in [-0.2, -0.15) is 11.8 Å². The summed E-state index contributed by atoms with van der Waals surface area (Å²) in [4.78, 5) is -0.395. The molecule has 1 aromatic carbocycles. The number of hydrogen-bond acceptors (Lipinski definition) is 4. The van der Waals surface area contributed by atoms with Gasteiger partial charge in [0, 0.05) is 11.6 Å². The molecule has 0 fully saturated rings. The van der Waals surface area contributed by atoms with Gasteiger partial charge in [0.05, 0.1) is 0 Å². The fraction of sp³-hybridized carbons (Fsp3) is 0.429. The third-order valence-electron chi connectivity index (χ3n) is 2.64. The van der Waals surface area contributed by atoms with Crippen molar-refractivity contribution in [2.75, 3.05) is 18.6 Å². The average molecular weight is 331 g/mol. The summed E-state index contributed by atoms with van der Waals surface area (Å²) in [5, 5.41) is 8.58. The van der Waals surface area contributed by atoms with E-state index >= 15 is 0 Å². The molecule has 1 aromatic rings. The lowest BCUT2D eigenvalue weighted by Crippen LogP contribution is -2.33.